The van der Waals surface area contributed by atoms with Crippen molar-refractivity contribution in [2.45, 2.75) is 46.2 Å². The van der Waals surface area contributed by atoms with Crippen molar-refractivity contribution in [3.05, 3.63) is 0 Å². The summed E-state index contributed by atoms with van der Waals surface area (Å²) in [5, 5.41) is 3.18. The highest BCUT2D eigenvalue weighted by Gasteiger charge is 2.22. The predicted octanol–water partition coefficient (Wildman–Crippen LogP) is 0.927. The van der Waals surface area contributed by atoms with Gasteiger partial charge < -0.3 is 10.2 Å². The highest BCUT2D eigenvalue weighted by Crippen LogP contribution is 2.08. The van der Waals surface area contributed by atoms with E-state index in [4.69, 9.17) is 0 Å². The lowest BCUT2D eigenvalue weighted by molar-refractivity contribution is -0.132. The van der Waals surface area contributed by atoms with Gasteiger partial charge in [-0.2, -0.15) is 0 Å². The molecule has 17 heavy (non-hydrogen) atoms. The van der Waals surface area contributed by atoms with E-state index in [-0.39, 0.29) is 5.91 Å². The summed E-state index contributed by atoms with van der Waals surface area (Å²) in [6, 6.07) is 1.02. The Balaban J connectivity index is 2.28. The number of nitrogens with one attached hydrogen (secondary N) is 1. The van der Waals surface area contributed by atoms with Crippen LogP contribution in [0.15, 0.2) is 0 Å². The molecule has 1 amide bonds. The highest BCUT2D eigenvalue weighted by molar-refractivity contribution is 5.78. The first-order valence-corrected chi connectivity index (χ1v) is 6.79. The van der Waals surface area contributed by atoms with Gasteiger partial charge in [0.1, 0.15) is 0 Å². The second kappa shape index (κ2) is 6.97. The molecule has 0 aromatic carbocycles. The van der Waals surface area contributed by atoms with Gasteiger partial charge in [0.05, 0.1) is 6.54 Å². The van der Waals surface area contributed by atoms with E-state index in [2.05, 4.69) is 37.9 Å². The first-order valence-electron chi connectivity index (χ1n) is 6.79. The lowest BCUT2D eigenvalue weighted by atomic mass is 10.2. The van der Waals surface area contributed by atoms with Crippen LogP contribution in [-0.2, 0) is 4.79 Å². The third kappa shape index (κ3) is 4.64. The van der Waals surface area contributed by atoms with Crippen molar-refractivity contribution < 1.29 is 4.79 Å². The number of nitrogens with zero attached hydrogens (tertiary/aromatic N) is 2. The zero-order chi connectivity index (χ0) is 12.8. The Labute approximate surface area is 105 Å². The smallest absolute Gasteiger partial charge is 0.236 e. The maximum atomic E-state index is 11.9. The summed E-state index contributed by atoms with van der Waals surface area (Å²) in [5.74, 6) is 0.238. The van der Waals surface area contributed by atoms with Crippen LogP contribution in [0, 0.1) is 0 Å². The molecule has 1 rings (SSSR count). The molecule has 1 N–H and O–H groups in total. The Morgan fingerprint density at radius 3 is 2.24 bits per heavy atom. The first-order chi connectivity index (χ1) is 8.04. The van der Waals surface area contributed by atoms with E-state index in [1.54, 1.807) is 0 Å². The van der Waals surface area contributed by atoms with E-state index in [1.807, 2.05) is 4.90 Å². The van der Waals surface area contributed by atoms with Gasteiger partial charge in [-0.3, -0.25) is 9.69 Å². The van der Waals surface area contributed by atoms with Gasteiger partial charge in [-0.25, -0.2) is 0 Å². The second-order valence-electron chi connectivity index (χ2n) is 5.21. The minimum Gasteiger partial charge on any atom is -0.339 e. The fourth-order valence-corrected chi connectivity index (χ4v) is 2.07. The van der Waals surface area contributed by atoms with Crippen LogP contribution in [0.5, 0.6) is 0 Å². The third-order valence-corrected chi connectivity index (χ3v) is 3.54. The second-order valence-corrected chi connectivity index (χ2v) is 5.21. The quantitative estimate of drug-likeness (QED) is 0.778. The fourth-order valence-electron chi connectivity index (χ4n) is 2.07. The monoisotopic (exact) mass is 241 g/mol. The van der Waals surface area contributed by atoms with Crippen LogP contribution in [0.1, 0.15) is 34.1 Å². The Bertz CT molecular complexity index is 235. The lowest BCUT2D eigenvalue weighted by Crippen LogP contribution is -2.53. The van der Waals surface area contributed by atoms with Gasteiger partial charge in [0, 0.05) is 38.3 Å². The molecule has 100 valence electrons. The number of carbonyl (C=O) groups excluding carboxylic acids is 1. The lowest BCUT2D eigenvalue weighted by Gasteiger charge is -2.38. The molecule has 0 radical (unpaired) electrons. The Kier molecular flexibility index (Phi) is 5.92. The van der Waals surface area contributed by atoms with E-state index >= 15 is 0 Å². The molecule has 1 heterocycles. The normalized spacial score (nSPS) is 19.7. The molecule has 1 atom stereocenters. The molecule has 1 unspecified atom stereocenters. The van der Waals surface area contributed by atoms with Crippen molar-refractivity contribution in [3.63, 3.8) is 0 Å². The molecule has 0 bridgehead atoms. The zero-order valence-corrected chi connectivity index (χ0v) is 11.7. The van der Waals surface area contributed by atoms with Crippen molar-refractivity contribution in [1.29, 1.82) is 0 Å². The van der Waals surface area contributed by atoms with Gasteiger partial charge in [0.25, 0.3) is 0 Å². The zero-order valence-electron chi connectivity index (χ0n) is 11.7. The SMILES string of the molecule is CCC(C)N1CCN(C(=O)CNC(C)C)CC1. The molecule has 1 aliphatic rings. The maximum Gasteiger partial charge on any atom is 0.236 e. The number of carbonyl (C=O) groups is 1. The molecule has 0 spiro atoms. The van der Waals surface area contributed by atoms with Crippen LogP contribution in [0.3, 0.4) is 0 Å². The molecular weight excluding hydrogens is 214 g/mol. The van der Waals surface area contributed by atoms with Crippen LogP contribution in [0.4, 0.5) is 0 Å². The number of amides is 1. The van der Waals surface area contributed by atoms with E-state index in [0.29, 0.717) is 18.6 Å². The van der Waals surface area contributed by atoms with Crippen molar-refractivity contribution in [2.75, 3.05) is 32.7 Å². The molecule has 0 aromatic heterocycles. The standard InChI is InChI=1S/C13H27N3O/c1-5-12(4)15-6-8-16(9-7-15)13(17)10-14-11(2)3/h11-12,14H,5-10H2,1-4H3. The van der Waals surface area contributed by atoms with E-state index < -0.39 is 0 Å². The van der Waals surface area contributed by atoms with Gasteiger partial charge in [-0.15, -0.1) is 0 Å². The number of hydrogen-bond donors (Lipinski definition) is 1. The molecular formula is C13H27N3O. The van der Waals surface area contributed by atoms with Crippen molar-refractivity contribution >= 4 is 5.91 Å². The molecule has 0 saturated carbocycles. The molecule has 1 fully saturated rings. The summed E-state index contributed by atoms with van der Waals surface area (Å²) in [5.41, 5.74) is 0. The average Bonchev–Trinajstić information content (AvgIpc) is 2.35. The van der Waals surface area contributed by atoms with Gasteiger partial charge in [0.2, 0.25) is 5.91 Å². The predicted molar refractivity (Wildman–Crippen MR) is 71.0 cm³/mol. The minimum atomic E-state index is 0.238. The van der Waals surface area contributed by atoms with Crippen molar-refractivity contribution in [1.82, 2.24) is 15.1 Å². The maximum absolute atomic E-state index is 11.9. The molecule has 1 aliphatic heterocycles. The van der Waals surface area contributed by atoms with Crippen molar-refractivity contribution in [3.8, 4) is 0 Å². The van der Waals surface area contributed by atoms with Gasteiger partial charge in [-0.1, -0.05) is 20.8 Å². The molecule has 0 aromatic rings. The Morgan fingerprint density at radius 2 is 1.76 bits per heavy atom. The van der Waals surface area contributed by atoms with Crippen LogP contribution in [0.25, 0.3) is 0 Å². The first kappa shape index (κ1) is 14.5. The number of piperazine rings is 1. The Hall–Kier alpha value is -0.610. The van der Waals surface area contributed by atoms with E-state index in [1.165, 1.54) is 6.42 Å². The minimum absolute atomic E-state index is 0.238. The van der Waals surface area contributed by atoms with Crippen LogP contribution < -0.4 is 5.32 Å². The van der Waals surface area contributed by atoms with Crippen LogP contribution >= 0.6 is 0 Å². The van der Waals surface area contributed by atoms with Gasteiger partial charge in [0.15, 0.2) is 0 Å². The summed E-state index contributed by atoms with van der Waals surface area (Å²) in [6.07, 6.45) is 1.18. The molecule has 4 nitrogen and oxygen atoms in total. The summed E-state index contributed by atoms with van der Waals surface area (Å²) < 4.78 is 0. The topological polar surface area (TPSA) is 35.6 Å². The highest BCUT2D eigenvalue weighted by atomic mass is 16.2. The molecule has 1 saturated heterocycles. The molecule has 0 aliphatic carbocycles. The van der Waals surface area contributed by atoms with E-state index in [0.717, 1.165) is 26.2 Å². The summed E-state index contributed by atoms with van der Waals surface area (Å²) in [4.78, 5) is 16.3. The van der Waals surface area contributed by atoms with E-state index in [9.17, 15) is 4.79 Å². The van der Waals surface area contributed by atoms with Crippen LogP contribution in [0.2, 0.25) is 0 Å². The Morgan fingerprint density at radius 1 is 1.18 bits per heavy atom. The number of hydrogen-bond acceptors (Lipinski definition) is 3. The summed E-state index contributed by atoms with van der Waals surface area (Å²) in [7, 11) is 0. The third-order valence-electron chi connectivity index (χ3n) is 3.54. The fraction of sp³-hybridized carbons (Fsp3) is 0.923. The largest absolute Gasteiger partial charge is 0.339 e. The summed E-state index contributed by atoms with van der Waals surface area (Å²) in [6.45, 7) is 12.9. The van der Waals surface area contributed by atoms with Crippen LogP contribution in [-0.4, -0.2) is 60.5 Å². The average molecular weight is 241 g/mol. The molecule has 4 heteroatoms. The van der Waals surface area contributed by atoms with Crippen molar-refractivity contribution in [2.24, 2.45) is 0 Å². The number of rotatable bonds is 5. The van der Waals surface area contributed by atoms with Gasteiger partial charge >= 0.3 is 0 Å². The summed E-state index contributed by atoms with van der Waals surface area (Å²) >= 11 is 0. The van der Waals surface area contributed by atoms with Gasteiger partial charge in [-0.05, 0) is 13.3 Å².